The molecule has 92 valence electrons. The van der Waals surface area contributed by atoms with E-state index in [-0.39, 0.29) is 0 Å². The van der Waals surface area contributed by atoms with Crippen molar-refractivity contribution >= 4 is 18.4 Å². The van der Waals surface area contributed by atoms with Gasteiger partial charge in [-0.2, -0.15) is 5.10 Å². The van der Waals surface area contributed by atoms with Crippen LogP contribution < -0.4 is 5.73 Å². The summed E-state index contributed by atoms with van der Waals surface area (Å²) in [6, 6.07) is 0. The molecule has 1 heterocycles. The van der Waals surface area contributed by atoms with Gasteiger partial charge in [0, 0.05) is 5.41 Å². The van der Waals surface area contributed by atoms with Gasteiger partial charge in [0.05, 0.1) is 10.6 Å². The number of aromatic amines is 1. The Kier molecular flexibility index (Phi) is 1.95. The van der Waals surface area contributed by atoms with Crippen LogP contribution in [-0.4, -0.2) is 10.2 Å². The zero-order chi connectivity index (χ0) is 11.6. The molecule has 3 nitrogen and oxygen atoms in total. The number of rotatable bonds is 1. The summed E-state index contributed by atoms with van der Waals surface area (Å²) in [6.45, 7) is 0. The molecule has 4 saturated carbocycles. The van der Waals surface area contributed by atoms with Gasteiger partial charge in [-0.25, -0.2) is 0 Å². The van der Waals surface area contributed by atoms with Gasteiger partial charge in [0.25, 0.3) is 0 Å². The van der Waals surface area contributed by atoms with E-state index >= 15 is 0 Å². The van der Waals surface area contributed by atoms with Crippen LogP contribution in [0.4, 0.5) is 5.82 Å². The number of aromatic nitrogens is 2. The van der Waals surface area contributed by atoms with Crippen molar-refractivity contribution in [3.05, 3.63) is 5.69 Å². The number of nitrogens with one attached hydrogen (secondary N) is 1. The fourth-order valence-electron chi connectivity index (χ4n) is 5.14. The van der Waals surface area contributed by atoms with Crippen molar-refractivity contribution in [2.45, 2.75) is 48.8 Å². The Morgan fingerprint density at radius 2 is 1.65 bits per heavy atom. The highest BCUT2D eigenvalue weighted by Crippen LogP contribution is 2.61. The van der Waals surface area contributed by atoms with Crippen molar-refractivity contribution in [2.24, 2.45) is 17.8 Å². The van der Waals surface area contributed by atoms with E-state index in [0.29, 0.717) is 11.2 Å². The minimum Gasteiger partial charge on any atom is -0.381 e. The van der Waals surface area contributed by atoms with E-state index < -0.39 is 0 Å². The smallest absolute Gasteiger partial charge is 0.158 e. The molecule has 0 aliphatic heterocycles. The SMILES string of the molecule is Nc1n[nH]c(C23CC4CC(CC(C4)C2)C3)c1S. The minimum atomic E-state index is 0.330. The summed E-state index contributed by atoms with van der Waals surface area (Å²) in [4.78, 5) is 0.909. The first-order valence-electron chi connectivity index (χ1n) is 6.69. The van der Waals surface area contributed by atoms with Crippen LogP contribution in [0.5, 0.6) is 0 Å². The van der Waals surface area contributed by atoms with Crippen molar-refractivity contribution in [1.82, 2.24) is 10.2 Å². The lowest BCUT2D eigenvalue weighted by Gasteiger charge is -2.56. The van der Waals surface area contributed by atoms with Gasteiger partial charge in [-0.1, -0.05) is 0 Å². The normalized spacial score (nSPS) is 43.2. The van der Waals surface area contributed by atoms with E-state index in [9.17, 15) is 0 Å². The molecule has 4 heteroatoms. The second-order valence-electron chi connectivity index (χ2n) is 6.53. The second-order valence-corrected chi connectivity index (χ2v) is 6.98. The molecule has 0 aromatic carbocycles. The fourth-order valence-corrected chi connectivity index (χ4v) is 5.47. The van der Waals surface area contributed by atoms with Crippen molar-refractivity contribution in [2.75, 3.05) is 5.73 Å². The van der Waals surface area contributed by atoms with Crippen LogP contribution in [0.3, 0.4) is 0 Å². The Hall–Kier alpha value is -0.640. The molecular formula is C13H19N3S. The first kappa shape index (κ1) is 10.3. The zero-order valence-electron chi connectivity index (χ0n) is 9.95. The number of thiol groups is 1. The number of hydrogen-bond donors (Lipinski definition) is 3. The van der Waals surface area contributed by atoms with Crippen molar-refractivity contribution in [1.29, 1.82) is 0 Å². The largest absolute Gasteiger partial charge is 0.381 e. The highest BCUT2D eigenvalue weighted by atomic mass is 32.1. The van der Waals surface area contributed by atoms with Crippen LogP contribution in [0.2, 0.25) is 0 Å². The van der Waals surface area contributed by atoms with Gasteiger partial charge >= 0.3 is 0 Å². The highest BCUT2D eigenvalue weighted by molar-refractivity contribution is 7.80. The van der Waals surface area contributed by atoms with Crippen LogP contribution in [0.25, 0.3) is 0 Å². The number of nitrogens with two attached hydrogens (primary N) is 1. The summed E-state index contributed by atoms with van der Waals surface area (Å²) in [7, 11) is 0. The lowest BCUT2D eigenvalue weighted by atomic mass is 9.49. The predicted octanol–water partition coefficient (Wildman–Crippen LogP) is 2.75. The summed E-state index contributed by atoms with van der Waals surface area (Å²) < 4.78 is 0. The van der Waals surface area contributed by atoms with E-state index in [4.69, 9.17) is 5.73 Å². The standard InChI is InChI=1S/C13H19N3S/c14-12-10(17)11(15-16-12)13-4-7-1-8(5-13)3-9(2-7)6-13/h7-9,17H,1-6H2,(H3,14,15,16). The lowest BCUT2D eigenvalue weighted by molar-refractivity contribution is -0.00838. The Bertz CT molecular complexity index is 430. The number of anilines is 1. The minimum absolute atomic E-state index is 0.330. The van der Waals surface area contributed by atoms with Gasteiger partial charge in [-0.3, -0.25) is 5.10 Å². The van der Waals surface area contributed by atoms with E-state index in [1.54, 1.807) is 0 Å². The third-order valence-electron chi connectivity index (χ3n) is 5.34. The zero-order valence-corrected chi connectivity index (χ0v) is 10.8. The molecule has 4 fully saturated rings. The Balaban J connectivity index is 1.80. The lowest BCUT2D eigenvalue weighted by Crippen LogP contribution is -2.48. The van der Waals surface area contributed by atoms with E-state index in [0.717, 1.165) is 22.6 Å². The quantitative estimate of drug-likeness (QED) is 0.670. The third-order valence-corrected chi connectivity index (χ3v) is 5.79. The van der Waals surface area contributed by atoms with Gasteiger partial charge in [0.15, 0.2) is 5.82 Å². The molecule has 17 heavy (non-hydrogen) atoms. The van der Waals surface area contributed by atoms with E-state index in [1.165, 1.54) is 44.2 Å². The van der Waals surface area contributed by atoms with E-state index in [2.05, 4.69) is 22.8 Å². The van der Waals surface area contributed by atoms with Crippen LogP contribution in [0, 0.1) is 17.8 Å². The van der Waals surface area contributed by atoms with Crippen molar-refractivity contribution in [3.8, 4) is 0 Å². The Morgan fingerprint density at radius 3 is 2.06 bits per heavy atom. The number of nitrogens with zero attached hydrogens (tertiary/aromatic N) is 1. The maximum absolute atomic E-state index is 5.84. The van der Waals surface area contributed by atoms with Crippen LogP contribution in [0.1, 0.15) is 44.2 Å². The number of H-pyrrole nitrogens is 1. The molecule has 4 aliphatic carbocycles. The molecule has 5 rings (SSSR count). The second kappa shape index (κ2) is 3.22. The topological polar surface area (TPSA) is 54.7 Å². The molecule has 4 bridgehead atoms. The highest BCUT2D eigenvalue weighted by Gasteiger charge is 2.53. The summed E-state index contributed by atoms with van der Waals surface area (Å²) in [5, 5.41) is 7.33. The summed E-state index contributed by atoms with van der Waals surface area (Å²) >= 11 is 4.56. The molecule has 1 aromatic heterocycles. The molecule has 0 radical (unpaired) electrons. The van der Waals surface area contributed by atoms with Gasteiger partial charge in [-0.05, 0) is 56.3 Å². The van der Waals surface area contributed by atoms with Crippen molar-refractivity contribution < 1.29 is 0 Å². The molecule has 0 spiro atoms. The molecular weight excluding hydrogens is 230 g/mol. The third kappa shape index (κ3) is 1.33. The van der Waals surface area contributed by atoms with Gasteiger partial charge in [0.2, 0.25) is 0 Å². The maximum Gasteiger partial charge on any atom is 0.158 e. The van der Waals surface area contributed by atoms with Crippen molar-refractivity contribution in [3.63, 3.8) is 0 Å². The predicted molar refractivity (Wildman–Crippen MR) is 70.1 cm³/mol. The molecule has 0 atom stereocenters. The van der Waals surface area contributed by atoms with Crippen LogP contribution in [0.15, 0.2) is 4.90 Å². The monoisotopic (exact) mass is 249 g/mol. The Morgan fingerprint density at radius 1 is 1.12 bits per heavy atom. The molecule has 3 N–H and O–H groups in total. The average molecular weight is 249 g/mol. The summed E-state index contributed by atoms with van der Waals surface area (Å²) in [6.07, 6.45) is 8.37. The Labute approximate surface area is 107 Å². The number of hydrogen-bond acceptors (Lipinski definition) is 3. The van der Waals surface area contributed by atoms with E-state index in [1.807, 2.05) is 0 Å². The first-order valence-corrected chi connectivity index (χ1v) is 7.14. The summed E-state index contributed by atoms with van der Waals surface area (Å²) in [5.41, 5.74) is 7.40. The average Bonchev–Trinajstić information content (AvgIpc) is 2.58. The van der Waals surface area contributed by atoms with Gasteiger partial charge in [-0.15, -0.1) is 12.6 Å². The maximum atomic E-state index is 5.84. The van der Waals surface area contributed by atoms with Gasteiger partial charge < -0.3 is 5.73 Å². The molecule has 0 unspecified atom stereocenters. The fraction of sp³-hybridized carbons (Fsp3) is 0.769. The molecule has 0 saturated heterocycles. The summed E-state index contributed by atoms with van der Waals surface area (Å²) in [5.74, 6) is 3.40. The van der Waals surface area contributed by atoms with Crippen LogP contribution in [-0.2, 0) is 5.41 Å². The van der Waals surface area contributed by atoms with Gasteiger partial charge in [0.1, 0.15) is 0 Å². The molecule has 0 amide bonds. The molecule has 4 aliphatic rings. The number of nitrogen functional groups attached to an aromatic ring is 1. The first-order chi connectivity index (χ1) is 8.16. The molecule has 1 aromatic rings. The van der Waals surface area contributed by atoms with Crippen LogP contribution >= 0.6 is 12.6 Å².